The summed E-state index contributed by atoms with van der Waals surface area (Å²) in [5, 5.41) is 12.7. The van der Waals surface area contributed by atoms with Gasteiger partial charge in [0.1, 0.15) is 22.9 Å². The fraction of sp³-hybridized carbons (Fsp3) is 0.314. The van der Waals surface area contributed by atoms with Crippen LogP contribution in [-0.2, 0) is 19.0 Å². The second-order valence-electron chi connectivity index (χ2n) is 12.6. The van der Waals surface area contributed by atoms with Crippen LogP contribution < -0.4 is 15.0 Å². The zero-order valence-corrected chi connectivity index (χ0v) is 29.4. The van der Waals surface area contributed by atoms with Crippen molar-refractivity contribution in [2.75, 3.05) is 49.8 Å². The summed E-state index contributed by atoms with van der Waals surface area (Å²) in [4.78, 5) is 42.9. The highest BCUT2D eigenvalue weighted by Gasteiger charge is 2.35. The van der Waals surface area contributed by atoms with E-state index in [4.69, 9.17) is 13.7 Å². The number of aromatic nitrogens is 3. The van der Waals surface area contributed by atoms with E-state index in [2.05, 4.69) is 26.3 Å². The van der Waals surface area contributed by atoms with Gasteiger partial charge in [-0.25, -0.2) is 19.2 Å². The van der Waals surface area contributed by atoms with Crippen molar-refractivity contribution < 1.29 is 36.1 Å². The van der Waals surface area contributed by atoms with Gasteiger partial charge in [-0.1, -0.05) is 12.1 Å². The van der Waals surface area contributed by atoms with Crippen molar-refractivity contribution in [1.29, 1.82) is 5.26 Å². The van der Waals surface area contributed by atoms with E-state index in [1.807, 2.05) is 4.90 Å². The molecule has 1 N–H and O–H groups in total. The van der Waals surface area contributed by atoms with E-state index in [1.165, 1.54) is 42.6 Å². The monoisotopic (exact) mass is 717 g/mol. The molecule has 1 saturated heterocycles. The molecule has 5 rings (SSSR count). The molecule has 0 bridgehead atoms. The van der Waals surface area contributed by atoms with Crippen molar-refractivity contribution in [3.05, 3.63) is 84.2 Å². The van der Waals surface area contributed by atoms with Gasteiger partial charge in [0.05, 0.1) is 54.6 Å². The average molecular weight is 718 g/mol. The Kier molecular flexibility index (Phi) is 10.8. The maximum absolute atomic E-state index is 14.8. The maximum Gasteiger partial charge on any atom is 0.410 e. The molecule has 1 aliphatic rings. The third-order valence-electron chi connectivity index (χ3n) is 7.73. The maximum atomic E-state index is 14.8. The van der Waals surface area contributed by atoms with Gasteiger partial charge in [0.25, 0.3) is 16.0 Å². The summed E-state index contributed by atoms with van der Waals surface area (Å²) in [6.45, 7) is 5.30. The molecule has 3 heterocycles. The number of ether oxygens (including phenoxy) is 2. The normalized spacial score (nSPS) is 14.8. The van der Waals surface area contributed by atoms with E-state index >= 15 is 0 Å². The number of rotatable bonds is 9. The van der Waals surface area contributed by atoms with E-state index < -0.39 is 39.6 Å². The van der Waals surface area contributed by atoms with Crippen LogP contribution in [0.25, 0.3) is 22.5 Å². The minimum Gasteiger partial charge on any atom is -0.496 e. The van der Waals surface area contributed by atoms with Gasteiger partial charge in [-0.3, -0.25) is 18.9 Å². The van der Waals surface area contributed by atoms with Crippen LogP contribution in [0, 0.1) is 17.1 Å². The first kappa shape index (κ1) is 36.6. The van der Waals surface area contributed by atoms with Crippen LogP contribution in [0.5, 0.6) is 5.75 Å². The van der Waals surface area contributed by atoms with Crippen molar-refractivity contribution >= 4 is 33.5 Å². The molecule has 0 radical (unpaired) electrons. The van der Waals surface area contributed by atoms with E-state index in [-0.39, 0.29) is 49.1 Å². The van der Waals surface area contributed by atoms with Gasteiger partial charge in [-0.05, 0) is 62.7 Å². The second kappa shape index (κ2) is 15.1. The molecular formula is C35H36FN7O7S. The molecule has 51 heavy (non-hydrogen) atoms. The van der Waals surface area contributed by atoms with E-state index in [9.17, 15) is 27.7 Å². The quantitative estimate of drug-likeness (QED) is 0.233. The number of pyridine rings is 1. The number of amides is 2. The Hall–Kier alpha value is -5.66. The lowest BCUT2D eigenvalue weighted by Crippen LogP contribution is -2.58. The molecule has 1 fully saturated rings. The van der Waals surface area contributed by atoms with Gasteiger partial charge < -0.3 is 19.7 Å². The van der Waals surface area contributed by atoms with Crippen LogP contribution in [0.1, 0.15) is 36.8 Å². The summed E-state index contributed by atoms with van der Waals surface area (Å²) >= 11 is 0. The smallest absolute Gasteiger partial charge is 0.410 e. The molecule has 2 aromatic heterocycles. The summed E-state index contributed by atoms with van der Waals surface area (Å²) in [5.74, 6) is -1.12. The highest BCUT2D eigenvalue weighted by Crippen LogP contribution is 2.35. The molecule has 0 aliphatic carbocycles. The first-order valence-corrected chi connectivity index (χ1v) is 17.5. The van der Waals surface area contributed by atoms with Crippen molar-refractivity contribution in [3.63, 3.8) is 0 Å². The van der Waals surface area contributed by atoms with E-state index in [1.54, 1.807) is 57.3 Å². The Balaban J connectivity index is 1.53. The first-order valence-electron chi connectivity index (χ1n) is 15.7. The van der Waals surface area contributed by atoms with E-state index in [0.717, 1.165) is 6.26 Å². The molecular weight excluding hydrogens is 681 g/mol. The van der Waals surface area contributed by atoms with Crippen LogP contribution in [0.2, 0.25) is 0 Å². The van der Waals surface area contributed by atoms with Crippen LogP contribution in [-0.4, -0.2) is 91.5 Å². The zero-order chi connectivity index (χ0) is 36.9. The molecule has 14 nitrogen and oxygen atoms in total. The Bertz CT molecular complexity index is 2100. The van der Waals surface area contributed by atoms with Crippen molar-refractivity contribution in [1.82, 2.24) is 19.9 Å². The van der Waals surface area contributed by atoms with Gasteiger partial charge in [0, 0.05) is 43.8 Å². The number of nitriles is 1. The summed E-state index contributed by atoms with van der Waals surface area (Å²) in [6, 6.07) is 13.8. The SMILES string of the molecule is COc1cccc(F)c1-c1nccc(C(=O)Nc2ccc(-c3cnccc3C#N)cc2N2CCN(C(=O)OC(C)(C)C)[C@@H](COS(C)(=O)=O)C2)n1. The minimum atomic E-state index is -3.86. The highest BCUT2D eigenvalue weighted by molar-refractivity contribution is 7.85. The Morgan fingerprint density at radius 2 is 1.90 bits per heavy atom. The fourth-order valence-corrected chi connectivity index (χ4v) is 5.86. The number of piperazine rings is 1. The van der Waals surface area contributed by atoms with Crippen LogP contribution in [0.15, 0.2) is 67.1 Å². The number of carbonyl (C=O) groups excluding carboxylic acids is 2. The minimum absolute atomic E-state index is 0.00493. The summed E-state index contributed by atoms with van der Waals surface area (Å²) in [6.07, 6.45) is 4.68. The number of hydrogen-bond donors (Lipinski definition) is 1. The number of anilines is 2. The van der Waals surface area contributed by atoms with Gasteiger partial charge in [-0.15, -0.1) is 0 Å². The predicted octanol–water partition coefficient (Wildman–Crippen LogP) is 4.88. The molecule has 266 valence electrons. The first-order chi connectivity index (χ1) is 24.2. The predicted molar refractivity (Wildman–Crippen MR) is 186 cm³/mol. The molecule has 2 amide bonds. The summed E-state index contributed by atoms with van der Waals surface area (Å²) in [5.41, 5.74) is 1.49. The third-order valence-corrected chi connectivity index (χ3v) is 8.30. The van der Waals surface area contributed by atoms with Gasteiger partial charge in [0.15, 0.2) is 5.82 Å². The van der Waals surface area contributed by atoms with Gasteiger partial charge in [0.2, 0.25) is 0 Å². The fourth-order valence-electron chi connectivity index (χ4n) is 5.45. The number of nitrogens with one attached hydrogen (secondary N) is 1. The number of hydrogen-bond acceptors (Lipinski definition) is 12. The number of benzene rings is 2. The van der Waals surface area contributed by atoms with Gasteiger partial charge in [-0.2, -0.15) is 13.7 Å². The Labute approximate surface area is 294 Å². The number of methoxy groups -OCH3 is 1. The standard InChI is InChI=1S/C35H36FN7O7S/c1-35(2,3)50-34(45)43-16-15-42(20-24(43)21-49-51(5,46)47)29-17-22(25-19-38-13-11-23(25)18-37)9-10-27(29)41-33(44)28-12-14-39-32(40-28)31-26(36)7-6-8-30(31)48-4/h6-14,17,19,24H,15-16,20-21H2,1-5H3,(H,41,44)/t24-/m1/s1. The summed E-state index contributed by atoms with van der Waals surface area (Å²) in [7, 11) is -2.48. The van der Waals surface area contributed by atoms with Crippen molar-refractivity contribution in [2.24, 2.45) is 0 Å². The highest BCUT2D eigenvalue weighted by atomic mass is 32.2. The average Bonchev–Trinajstić information content (AvgIpc) is 3.09. The molecule has 0 spiro atoms. The van der Waals surface area contributed by atoms with Crippen LogP contribution in [0.4, 0.5) is 20.6 Å². The molecule has 4 aromatic rings. The molecule has 0 saturated carbocycles. The van der Waals surface area contributed by atoms with Crippen molar-refractivity contribution in [3.8, 4) is 34.3 Å². The molecule has 1 atom stereocenters. The number of nitrogens with zero attached hydrogens (tertiary/aromatic N) is 6. The topological polar surface area (TPSA) is 177 Å². The lowest BCUT2D eigenvalue weighted by atomic mass is 10.0. The van der Waals surface area contributed by atoms with Crippen LogP contribution in [0.3, 0.4) is 0 Å². The van der Waals surface area contributed by atoms with Crippen LogP contribution >= 0.6 is 0 Å². The Morgan fingerprint density at radius 3 is 2.61 bits per heavy atom. The molecule has 16 heteroatoms. The lowest BCUT2D eigenvalue weighted by molar-refractivity contribution is 0.00888. The largest absolute Gasteiger partial charge is 0.496 e. The van der Waals surface area contributed by atoms with E-state index in [0.29, 0.717) is 28.1 Å². The Morgan fingerprint density at radius 1 is 1.12 bits per heavy atom. The molecule has 1 aliphatic heterocycles. The zero-order valence-electron chi connectivity index (χ0n) is 28.6. The number of halogens is 1. The van der Waals surface area contributed by atoms with Gasteiger partial charge >= 0.3 is 6.09 Å². The third kappa shape index (κ3) is 8.93. The lowest BCUT2D eigenvalue weighted by Gasteiger charge is -2.42. The molecule has 0 unspecified atom stereocenters. The number of carbonyl (C=O) groups is 2. The second-order valence-corrected chi connectivity index (χ2v) is 14.2. The summed E-state index contributed by atoms with van der Waals surface area (Å²) < 4.78 is 54.8. The molecule has 2 aromatic carbocycles. The van der Waals surface area contributed by atoms with Crippen molar-refractivity contribution in [2.45, 2.75) is 32.4 Å².